The smallest absolute Gasteiger partial charge is 0.282 e. The van der Waals surface area contributed by atoms with E-state index in [9.17, 15) is 26.6 Å². The summed E-state index contributed by atoms with van der Waals surface area (Å²) in [4.78, 5) is 25.0. The third-order valence-electron chi connectivity index (χ3n) is 5.97. The van der Waals surface area contributed by atoms with Gasteiger partial charge in [-0.3, -0.25) is 4.79 Å². The van der Waals surface area contributed by atoms with Crippen LogP contribution in [0.25, 0.3) is 0 Å². The molecule has 4 rings (SSSR count). The van der Waals surface area contributed by atoms with Crippen molar-refractivity contribution in [3.8, 4) is 0 Å². The predicted octanol–water partition coefficient (Wildman–Crippen LogP) is 4.15. The van der Waals surface area contributed by atoms with Crippen molar-refractivity contribution in [3.05, 3.63) is 35.5 Å². The van der Waals surface area contributed by atoms with E-state index in [0.717, 1.165) is 0 Å². The first-order valence-electron chi connectivity index (χ1n) is 11.0. The number of nitrogens with zero attached hydrogens (tertiary/aromatic N) is 4. The summed E-state index contributed by atoms with van der Waals surface area (Å²) in [6, 6.07) is 6.05. The molecular formula is C22H26F4N6O2S. The van der Waals surface area contributed by atoms with Gasteiger partial charge in [0.2, 0.25) is 11.9 Å². The van der Waals surface area contributed by atoms with Crippen LogP contribution in [0, 0.1) is 11.7 Å². The van der Waals surface area contributed by atoms with Gasteiger partial charge in [-0.2, -0.15) is 4.98 Å². The molecule has 35 heavy (non-hydrogen) atoms. The Kier molecular flexibility index (Phi) is 6.41. The molecule has 1 atom stereocenters. The number of hydrogen-bond acceptors (Lipinski definition) is 7. The fourth-order valence-corrected chi connectivity index (χ4v) is 4.81. The lowest BCUT2D eigenvalue weighted by atomic mass is 10.1. The molecule has 3 heterocycles. The lowest BCUT2D eigenvalue weighted by Gasteiger charge is -2.39. The van der Waals surface area contributed by atoms with Crippen molar-refractivity contribution in [3.63, 3.8) is 0 Å². The van der Waals surface area contributed by atoms with E-state index in [2.05, 4.69) is 15.3 Å². The van der Waals surface area contributed by atoms with Crippen LogP contribution in [0.2, 0.25) is 0 Å². The number of aromatic nitrogens is 2. The maximum Gasteiger partial charge on any atom is 0.282 e. The Balaban J connectivity index is 1.70. The van der Waals surface area contributed by atoms with Crippen LogP contribution in [0.3, 0.4) is 0 Å². The Bertz CT molecular complexity index is 1250. The molecule has 2 N–H and O–H groups in total. The maximum atomic E-state index is 14.0. The van der Waals surface area contributed by atoms with Crippen LogP contribution in [0.4, 0.5) is 35.0 Å². The summed E-state index contributed by atoms with van der Waals surface area (Å²) in [5.41, 5.74) is 0.540. The highest BCUT2D eigenvalue weighted by molar-refractivity contribution is 7.91. The number of halogens is 4. The van der Waals surface area contributed by atoms with Crippen LogP contribution in [0.1, 0.15) is 35.3 Å². The number of rotatable bonds is 5. The Hall–Kier alpha value is -2.96. The number of anilines is 3. The first kappa shape index (κ1) is 25.1. The van der Waals surface area contributed by atoms with Gasteiger partial charge in [0.25, 0.3) is 11.8 Å². The number of alkyl halides is 4. The molecule has 0 aliphatic carbocycles. The minimum absolute atomic E-state index is 0.0120. The molecule has 190 valence electrons. The molecule has 1 aromatic carbocycles. The van der Waals surface area contributed by atoms with Crippen LogP contribution >= 0.6 is 0 Å². The van der Waals surface area contributed by atoms with Gasteiger partial charge >= 0.3 is 0 Å². The average molecular weight is 515 g/mol. The predicted molar refractivity (Wildman–Crippen MR) is 124 cm³/mol. The highest BCUT2D eigenvalue weighted by atomic mass is 32.2. The second-order valence-corrected chi connectivity index (χ2v) is 11.2. The monoisotopic (exact) mass is 514 g/mol. The molecule has 2 fully saturated rings. The third-order valence-corrected chi connectivity index (χ3v) is 7.13. The van der Waals surface area contributed by atoms with Gasteiger partial charge in [-0.1, -0.05) is 6.07 Å². The molecule has 2 aromatic rings. The molecule has 13 heteroatoms. The van der Waals surface area contributed by atoms with Gasteiger partial charge in [0.05, 0.1) is 28.5 Å². The fourth-order valence-electron chi connectivity index (χ4n) is 4.12. The number of carbonyl (C=O) groups excluding carboxylic acids is 1. The molecule has 2 aliphatic rings. The normalized spacial score (nSPS) is 21.0. The molecule has 0 spiro atoms. The van der Waals surface area contributed by atoms with E-state index in [1.54, 1.807) is 17.0 Å². The van der Waals surface area contributed by atoms with Gasteiger partial charge in [0, 0.05) is 42.8 Å². The SMILES string of the molecule is Cc1nc(N2CC(F)(F)C2)nc(N2CCCC(F)(F)CC2)c1C(=O)Nc1cccc([S@](C)(=N)=O)c1. The van der Waals surface area contributed by atoms with Crippen molar-refractivity contribution in [2.24, 2.45) is 0 Å². The minimum atomic E-state index is -3.02. The Morgan fingerprint density at radius 3 is 2.46 bits per heavy atom. The molecule has 8 nitrogen and oxygen atoms in total. The second-order valence-electron chi connectivity index (χ2n) is 9.04. The minimum Gasteiger partial charge on any atom is -0.356 e. The molecule has 0 bridgehead atoms. The zero-order valence-electron chi connectivity index (χ0n) is 19.3. The first-order chi connectivity index (χ1) is 16.2. The number of aryl methyl sites for hydroxylation is 1. The second kappa shape index (κ2) is 8.92. The standard InChI is InChI=1S/C22H26F4N6O2S/c1-14-17(19(33)29-15-5-3-6-16(11-15)35(2,27)34)18(31-9-4-7-21(23,24)8-10-31)30-20(28-14)32-12-22(25,26)13-32/h3,5-6,11,27H,4,7-10,12-13H2,1-2H3,(H,29,33)/t35-/m1/s1. The number of amides is 1. The van der Waals surface area contributed by atoms with Crippen LogP contribution in [-0.4, -0.2) is 64.4 Å². The van der Waals surface area contributed by atoms with E-state index in [-0.39, 0.29) is 59.5 Å². The highest BCUT2D eigenvalue weighted by Gasteiger charge is 2.45. The first-order valence-corrected chi connectivity index (χ1v) is 13.0. The summed E-state index contributed by atoms with van der Waals surface area (Å²) in [6.07, 6.45) is 0.711. The molecule has 1 aromatic heterocycles. The van der Waals surface area contributed by atoms with E-state index >= 15 is 0 Å². The number of nitrogens with one attached hydrogen (secondary N) is 2. The van der Waals surface area contributed by atoms with Gasteiger partial charge in [0.15, 0.2) is 0 Å². The maximum absolute atomic E-state index is 14.0. The molecule has 0 radical (unpaired) electrons. The summed E-state index contributed by atoms with van der Waals surface area (Å²) >= 11 is 0. The van der Waals surface area contributed by atoms with Crippen LogP contribution in [-0.2, 0) is 9.73 Å². The molecule has 2 aliphatic heterocycles. The summed E-state index contributed by atoms with van der Waals surface area (Å²) in [7, 11) is -3.02. The summed E-state index contributed by atoms with van der Waals surface area (Å²) < 4.78 is 74.7. The quantitative estimate of drug-likeness (QED) is 0.582. The van der Waals surface area contributed by atoms with Gasteiger partial charge in [-0.25, -0.2) is 31.5 Å². The Morgan fingerprint density at radius 2 is 1.80 bits per heavy atom. The van der Waals surface area contributed by atoms with Crippen LogP contribution in [0.5, 0.6) is 0 Å². The number of carbonyl (C=O) groups is 1. The van der Waals surface area contributed by atoms with Crippen molar-refractivity contribution >= 4 is 33.1 Å². The van der Waals surface area contributed by atoms with Gasteiger partial charge < -0.3 is 15.1 Å². The van der Waals surface area contributed by atoms with Crippen molar-refractivity contribution < 1.29 is 26.6 Å². The Morgan fingerprint density at radius 1 is 1.09 bits per heavy atom. The largest absolute Gasteiger partial charge is 0.356 e. The summed E-state index contributed by atoms with van der Waals surface area (Å²) in [5, 5.41) is 2.68. The molecule has 1 amide bonds. The Labute approximate surface area is 200 Å². The van der Waals surface area contributed by atoms with Crippen molar-refractivity contribution in [2.75, 3.05) is 47.6 Å². The van der Waals surface area contributed by atoms with Gasteiger partial charge in [-0.05, 0) is 31.5 Å². The lowest BCUT2D eigenvalue weighted by Crippen LogP contribution is -2.57. The van der Waals surface area contributed by atoms with Crippen LogP contribution in [0.15, 0.2) is 29.2 Å². The topological polar surface area (TPSA) is 102 Å². The van der Waals surface area contributed by atoms with Crippen molar-refractivity contribution in [1.82, 2.24) is 9.97 Å². The highest BCUT2D eigenvalue weighted by Crippen LogP contribution is 2.35. The molecule has 0 saturated carbocycles. The lowest BCUT2D eigenvalue weighted by molar-refractivity contribution is -0.0272. The third kappa shape index (κ3) is 5.65. The van der Waals surface area contributed by atoms with Crippen molar-refractivity contribution in [2.45, 2.75) is 42.9 Å². The van der Waals surface area contributed by atoms with E-state index in [1.807, 2.05) is 0 Å². The molecule has 0 unspecified atom stereocenters. The summed E-state index contributed by atoms with van der Waals surface area (Å²) in [6.45, 7) is 0.560. The van der Waals surface area contributed by atoms with E-state index in [4.69, 9.17) is 4.78 Å². The van der Waals surface area contributed by atoms with E-state index < -0.39 is 47.0 Å². The molecular weight excluding hydrogens is 488 g/mol. The molecule has 2 saturated heterocycles. The van der Waals surface area contributed by atoms with Gasteiger partial charge in [-0.15, -0.1) is 0 Å². The van der Waals surface area contributed by atoms with Crippen LogP contribution < -0.4 is 15.1 Å². The van der Waals surface area contributed by atoms with E-state index in [0.29, 0.717) is 0 Å². The van der Waals surface area contributed by atoms with Gasteiger partial charge in [0.1, 0.15) is 11.4 Å². The zero-order valence-corrected chi connectivity index (χ0v) is 20.1. The summed E-state index contributed by atoms with van der Waals surface area (Å²) in [5.74, 6) is -6.21. The van der Waals surface area contributed by atoms with E-state index in [1.165, 1.54) is 30.2 Å². The number of hydrogen-bond donors (Lipinski definition) is 2. The average Bonchev–Trinajstić information content (AvgIpc) is 2.91. The zero-order chi connectivity index (χ0) is 25.6. The number of benzene rings is 1. The van der Waals surface area contributed by atoms with Crippen molar-refractivity contribution in [1.29, 1.82) is 4.78 Å². The fraction of sp³-hybridized carbons (Fsp3) is 0.500.